The molecule has 11 heteroatoms. The summed E-state index contributed by atoms with van der Waals surface area (Å²) in [4.78, 5) is 23.8. The number of anilines is 1. The molecule has 1 unspecified atom stereocenters. The summed E-state index contributed by atoms with van der Waals surface area (Å²) in [6.07, 6.45) is 6.65. The van der Waals surface area contributed by atoms with Crippen molar-refractivity contribution in [2.45, 2.75) is 51.6 Å². The fraction of sp³-hybridized carbons (Fsp3) is 0.808. The predicted molar refractivity (Wildman–Crippen MR) is 147 cm³/mol. The Hall–Kier alpha value is -2.21. The number of unbranched alkanes of at least 4 members (excludes halogenated alkanes) is 3. The molecular formula is C26H47N9O2. The van der Waals surface area contributed by atoms with Crippen LogP contribution in [0.5, 0.6) is 12.0 Å². The molecule has 2 aliphatic heterocycles. The molecule has 2 aliphatic rings. The van der Waals surface area contributed by atoms with Gasteiger partial charge in [-0.1, -0.05) is 19.8 Å². The van der Waals surface area contributed by atoms with E-state index < -0.39 is 0 Å². The van der Waals surface area contributed by atoms with Crippen molar-refractivity contribution in [1.29, 1.82) is 0 Å². The summed E-state index contributed by atoms with van der Waals surface area (Å²) < 4.78 is 13.7. The van der Waals surface area contributed by atoms with Gasteiger partial charge in [-0.3, -0.25) is 9.47 Å². The molecule has 2 saturated heterocycles. The van der Waals surface area contributed by atoms with Gasteiger partial charge < -0.3 is 29.9 Å². The number of methoxy groups -OCH3 is 1. The number of nitrogens with zero attached hydrogens (tertiary/aromatic N) is 8. The monoisotopic (exact) mass is 517 g/mol. The fourth-order valence-corrected chi connectivity index (χ4v) is 5.24. The molecule has 2 N–H and O–H groups in total. The summed E-state index contributed by atoms with van der Waals surface area (Å²) in [6, 6.07) is 0.842. The van der Waals surface area contributed by atoms with Crippen molar-refractivity contribution < 1.29 is 9.47 Å². The molecule has 4 rings (SSSR count). The van der Waals surface area contributed by atoms with Gasteiger partial charge in [0.25, 0.3) is 6.01 Å². The molecule has 0 radical (unpaired) electrons. The van der Waals surface area contributed by atoms with E-state index in [2.05, 4.69) is 50.2 Å². The molecule has 4 heterocycles. The van der Waals surface area contributed by atoms with Crippen molar-refractivity contribution in [3.63, 3.8) is 0 Å². The number of imidazole rings is 1. The summed E-state index contributed by atoms with van der Waals surface area (Å²) in [7, 11) is 6.06. The molecule has 0 amide bonds. The number of nitrogen functional groups attached to an aromatic ring is 1. The minimum Gasteiger partial charge on any atom is -0.468 e. The zero-order valence-electron chi connectivity index (χ0n) is 23.4. The Morgan fingerprint density at radius 1 is 0.865 bits per heavy atom. The van der Waals surface area contributed by atoms with E-state index in [0.29, 0.717) is 35.6 Å². The van der Waals surface area contributed by atoms with Crippen molar-refractivity contribution in [3.05, 3.63) is 0 Å². The van der Waals surface area contributed by atoms with E-state index in [9.17, 15) is 0 Å². The third-order valence-electron chi connectivity index (χ3n) is 7.72. The Morgan fingerprint density at radius 2 is 1.57 bits per heavy atom. The second-order valence-corrected chi connectivity index (χ2v) is 10.5. The van der Waals surface area contributed by atoms with Gasteiger partial charge >= 0.3 is 6.01 Å². The van der Waals surface area contributed by atoms with Crippen LogP contribution in [-0.4, -0.2) is 126 Å². The molecule has 0 aromatic carbocycles. The van der Waals surface area contributed by atoms with Crippen LogP contribution >= 0.6 is 0 Å². The highest BCUT2D eigenvalue weighted by Gasteiger charge is 2.30. The Labute approximate surface area is 221 Å². The van der Waals surface area contributed by atoms with Crippen LogP contribution in [0.3, 0.4) is 0 Å². The maximum absolute atomic E-state index is 6.32. The number of piperazine rings is 2. The van der Waals surface area contributed by atoms with Crippen molar-refractivity contribution in [2.75, 3.05) is 92.4 Å². The summed E-state index contributed by atoms with van der Waals surface area (Å²) in [5.41, 5.74) is 7.59. The summed E-state index contributed by atoms with van der Waals surface area (Å²) in [5.74, 6) is 0.331. The number of aromatic nitrogens is 4. The van der Waals surface area contributed by atoms with E-state index in [1.807, 2.05) is 0 Å². The average Bonchev–Trinajstić information content (AvgIpc) is 3.27. The average molecular weight is 518 g/mol. The molecule has 2 aromatic heterocycles. The number of rotatable bonds is 13. The van der Waals surface area contributed by atoms with Gasteiger partial charge in [-0.15, -0.1) is 0 Å². The van der Waals surface area contributed by atoms with Crippen molar-refractivity contribution >= 4 is 17.0 Å². The van der Waals surface area contributed by atoms with E-state index in [1.165, 1.54) is 45.6 Å². The first-order valence-corrected chi connectivity index (χ1v) is 14.1. The van der Waals surface area contributed by atoms with Crippen LogP contribution in [0.4, 0.5) is 5.82 Å². The third kappa shape index (κ3) is 7.22. The molecule has 37 heavy (non-hydrogen) atoms. The van der Waals surface area contributed by atoms with E-state index in [4.69, 9.17) is 25.2 Å². The molecule has 11 nitrogen and oxygen atoms in total. The van der Waals surface area contributed by atoms with Crippen LogP contribution in [0, 0.1) is 0 Å². The van der Waals surface area contributed by atoms with E-state index in [-0.39, 0.29) is 6.17 Å². The lowest BCUT2D eigenvalue weighted by atomic mass is 10.1. The largest absolute Gasteiger partial charge is 0.468 e. The van der Waals surface area contributed by atoms with Crippen molar-refractivity contribution in [1.82, 2.24) is 39.1 Å². The zero-order valence-corrected chi connectivity index (χ0v) is 23.4. The Morgan fingerprint density at radius 3 is 2.24 bits per heavy atom. The molecular weight excluding hydrogens is 470 g/mol. The lowest BCUT2D eigenvalue weighted by Gasteiger charge is -2.38. The van der Waals surface area contributed by atoms with Gasteiger partial charge in [0.15, 0.2) is 17.0 Å². The highest BCUT2D eigenvalue weighted by molar-refractivity contribution is 5.83. The van der Waals surface area contributed by atoms with Crippen LogP contribution in [0.1, 0.15) is 51.6 Å². The summed E-state index contributed by atoms with van der Waals surface area (Å²) in [6.45, 7) is 12.7. The predicted octanol–water partition coefficient (Wildman–Crippen LogP) is 2.15. The number of fused-ring (bicyclic) bond motifs is 1. The smallest absolute Gasteiger partial charge is 0.320 e. The second kappa shape index (κ2) is 13.5. The standard InChI is InChI=1S/C26H47N9O2/c1-5-6-20-37-25-29-23(27)22-24(30-25)35(26(28-22)36-4)21(34-18-14-32(3)15-19-34)10-8-7-9-11-33-16-12-31(2)13-17-33/h21H,5-20H2,1-4H3,(H2,27,29,30). The van der Waals surface area contributed by atoms with E-state index >= 15 is 0 Å². The number of hydrogen-bond donors (Lipinski definition) is 1. The van der Waals surface area contributed by atoms with Gasteiger partial charge in [0, 0.05) is 52.4 Å². The van der Waals surface area contributed by atoms with E-state index in [0.717, 1.165) is 51.9 Å². The lowest BCUT2D eigenvalue weighted by Crippen LogP contribution is -2.47. The van der Waals surface area contributed by atoms with E-state index in [1.54, 1.807) is 7.11 Å². The normalized spacial score (nSPS) is 19.5. The maximum Gasteiger partial charge on any atom is 0.320 e. The number of nitrogens with two attached hydrogens (primary N) is 1. The Balaban J connectivity index is 1.51. The highest BCUT2D eigenvalue weighted by atomic mass is 16.5. The van der Waals surface area contributed by atoms with Crippen LogP contribution in [0.25, 0.3) is 11.2 Å². The molecule has 2 fully saturated rings. The first-order valence-electron chi connectivity index (χ1n) is 14.1. The van der Waals surface area contributed by atoms with Crippen LogP contribution in [0.15, 0.2) is 0 Å². The Kier molecular flexibility index (Phi) is 10.2. The SMILES string of the molecule is CCCCOc1nc(N)c2nc(OC)n(C(CCCCCN3CCN(C)CC3)N3CCN(C)CC3)c2n1. The molecule has 0 saturated carbocycles. The van der Waals surface area contributed by atoms with Gasteiger partial charge in [-0.25, -0.2) is 0 Å². The second-order valence-electron chi connectivity index (χ2n) is 10.5. The molecule has 0 spiro atoms. The Bertz CT molecular complexity index is 969. The first kappa shape index (κ1) is 27.8. The van der Waals surface area contributed by atoms with Crippen molar-refractivity contribution in [3.8, 4) is 12.0 Å². The quantitative estimate of drug-likeness (QED) is 0.398. The van der Waals surface area contributed by atoms with Crippen molar-refractivity contribution in [2.24, 2.45) is 0 Å². The van der Waals surface area contributed by atoms with Gasteiger partial charge in [0.2, 0.25) is 0 Å². The summed E-state index contributed by atoms with van der Waals surface area (Å²) >= 11 is 0. The molecule has 1 atom stereocenters. The van der Waals surface area contributed by atoms with Gasteiger partial charge in [0.05, 0.1) is 19.9 Å². The van der Waals surface area contributed by atoms with Crippen LogP contribution < -0.4 is 15.2 Å². The van der Waals surface area contributed by atoms with Gasteiger partial charge in [-0.05, 0) is 46.3 Å². The van der Waals surface area contributed by atoms with Gasteiger partial charge in [-0.2, -0.15) is 15.0 Å². The molecule has 0 aliphatic carbocycles. The third-order valence-corrected chi connectivity index (χ3v) is 7.72. The first-order chi connectivity index (χ1) is 18.0. The topological polar surface area (TPSA) is 101 Å². The minimum atomic E-state index is 0.0927. The number of hydrogen-bond acceptors (Lipinski definition) is 10. The lowest BCUT2D eigenvalue weighted by molar-refractivity contribution is 0.0658. The molecule has 2 aromatic rings. The number of ether oxygens (including phenoxy) is 2. The fourth-order valence-electron chi connectivity index (χ4n) is 5.24. The zero-order chi connectivity index (χ0) is 26.2. The molecule has 208 valence electrons. The molecule has 0 bridgehead atoms. The maximum atomic E-state index is 6.32. The van der Waals surface area contributed by atoms with Crippen LogP contribution in [-0.2, 0) is 0 Å². The summed E-state index contributed by atoms with van der Waals surface area (Å²) in [5, 5.41) is 0. The van der Waals surface area contributed by atoms with Crippen LogP contribution in [0.2, 0.25) is 0 Å². The van der Waals surface area contributed by atoms with Gasteiger partial charge in [0.1, 0.15) is 0 Å². The highest BCUT2D eigenvalue weighted by Crippen LogP contribution is 2.33. The number of likely N-dealkylation sites (N-methyl/N-ethyl adjacent to an activating group) is 2. The minimum absolute atomic E-state index is 0.0927.